The standard InChI is InChI=1S/C15H26BrN3O2/c1-4-5-8-18(3)14(20)13-6-9-19(10-7-13)15(21)17-11-12(2)16/h13H,2,4-11H2,1,3H3,(H,17,21). The van der Waals surface area contributed by atoms with Crippen LogP contribution in [0, 0.1) is 5.92 Å². The summed E-state index contributed by atoms with van der Waals surface area (Å²) in [6.07, 6.45) is 3.63. The minimum absolute atomic E-state index is 0.0575. The molecule has 0 aromatic carbocycles. The molecule has 0 unspecified atom stereocenters. The topological polar surface area (TPSA) is 52.7 Å². The molecule has 3 amide bonds. The van der Waals surface area contributed by atoms with Crippen LogP contribution in [0.25, 0.3) is 0 Å². The van der Waals surface area contributed by atoms with Crippen molar-refractivity contribution in [2.45, 2.75) is 32.6 Å². The Morgan fingerprint density at radius 2 is 2.00 bits per heavy atom. The Hall–Kier alpha value is -1.04. The zero-order valence-electron chi connectivity index (χ0n) is 13.0. The number of piperidine rings is 1. The van der Waals surface area contributed by atoms with E-state index in [-0.39, 0.29) is 17.9 Å². The van der Waals surface area contributed by atoms with Crippen molar-refractivity contribution >= 4 is 27.9 Å². The molecule has 0 radical (unpaired) electrons. The van der Waals surface area contributed by atoms with E-state index in [1.54, 1.807) is 4.90 Å². The smallest absolute Gasteiger partial charge is 0.317 e. The predicted octanol–water partition coefficient (Wildman–Crippen LogP) is 2.58. The monoisotopic (exact) mass is 359 g/mol. The first-order valence-electron chi connectivity index (χ1n) is 7.56. The molecule has 0 aromatic rings. The van der Waals surface area contributed by atoms with Crippen LogP contribution in [0.4, 0.5) is 4.79 Å². The third kappa shape index (κ3) is 6.08. The Labute approximate surface area is 135 Å². The van der Waals surface area contributed by atoms with Crippen LogP contribution in [-0.4, -0.2) is 55.0 Å². The fraction of sp³-hybridized carbons (Fsp3) is 0.733. The van der Waals surface area contributed by atoms with Crippen LogP contribution in [0.15, 0.2) is 11.1 Å². The lowest BCUT2D eigenvalue weighted by Crippen LogP contribution is -2.47. The Morgan fingerprint density at radius 3 is 2.52 bits per heavy atom. The van der Waals surface area contributed by atoms with Crippen LogP contribution < -0.4 is 5.32 Å². The molecule has 1 aliphatic rings. The molecule has 5 nitrogen and oxygen atoms in total. The first-order chi connectivity index (χ1) is 9.95. The first kappa shape index (κ1) is 18.0. The fourth-order valence-corrected chi connectivity index (χ4v) is 2.57. The van der Waals surface area contributed by atoms with Crippen molar-refractivity contribution in [1.29, 1.82) is 0 Å². The number of rotatable bonds is 6. The highest BCUT2D eigenvalue weighted by atomic mass is 79.9. The molecule has 1 aliphatic heterocycles. The maximum atomic E-state index is 12.3. The van der Waals surface area contributed by atoms with Crippen LogP contribution in [0.3, 0.4) is 0 Å². The van der Waals surface area contributed by atoms with E-state index in [1.165, 1.54) is 0 Å². The van der Waals surface area contributed by atoms with Gasteiger partial charge in [-0.15, -0.1) is 0 Å². The number of unbranched alkanes of at least 4 members (excludes halogenated alkanes) is 1. The van der Waals surface area contributed by atoms with E-state index >= 15 is 0 Å². The van der Waals surface area contributed by atoms with Crippen molar-refractivity contribution in [2.24, 2.45) is 5.92 Å². The fourth-order valence-electron chi connectivity index (χ4n) is 2.43. The Balaban J connectivity index is 2.35. The third-order valence-electron chi connectivity index (χ3n) is 3.79. The van der Waals surface area contributed by atoms with Crippen LogP contribution in [0.2, 0.25) is 0 Å². The Morgan fingerprint density at radius 1 is 1.38 bits per heavy atom. The zero-order chi connectivity index (χ0) is 15.8. The van der Waals surface area contributed by atoms with Gasteiger partial charge in [-0.25, -0.2) is 4.79 Å². The van der Waals surface area contributed by atoms with Gasteiger partial charge in [0.05, 0.1) is 6.54 Å². The SMILES string of the molecule is C=C(Br)CNC(=O)N1CCC(C(=O)N(C)CCCC)CC1. The summed E-state index contributed by atoms with van der Waals surface area (Å²) in [6, 6.07) is -0.0826. The maximum absolute atomic E-state index is 12.3. The summed E-state index contributed by atoms with van der Waals surface area (Å²) >= 11 is 3.21. The van der Waals surface area contributed by atoms with Gasteiger partial charge in [0.2, 0.25) is 5.91 Å². The van der Waals surface area contributed by atoms with E-state index in [2.05, 4.69) is 34.7 Å². The quantitative estimate of drug-likeness (QED) is 0.792. The molecule has 0 saturated carbocycles. The van der Waals surface area contributed by atoms with Crippen molar-refractivity contribution in [1.82, 2.24) is 15.1 Å². The second-order valence-corrected chi connectivity index (χ2v) is 6.67. The molecule has 120 valence electrons. The number of carbonyl (C=O) groups is 2. The van der Waals surface area contributed by atoms with Crippen molar-refractivity contribution in [3.05, 3.63) is 11.1 Å². The number of carbonyl (C=O) groups excluding carboxylic acids is 2. The summed E-state index contributed by atoms with van der Waals surface area (Å²) in [4.78, 5) is 27.8. The van der Waals surface area contributed by atoms with Gasteiger partial charge in [0.25, 0.3) is 0 Å². The lowest BCUT2D eigenvalue weighted by atomic mass is 9.95. The maximum Gasteiger partial charge on any atom is 0.317 e. The average molecular weight is 360 g/mol. The molecule has 6 heteroatoms. The normalized spacial score (nSPS) is 15.7. The molecule has 0 spiro atoms. The van der Waals surface area contributed by atoms with E-state index in [1.807, 2.05) is 11.9 Å². The summed E-state index contributed by atoms with van der Waals surface area (Å²) in [5.41, 5.74) is 0. The lowest BCUT2D eigenvalue weighted by Gasteiger charge is -2.33. The van der Waals surface area contributed by atoms with Gasteiger partial charge in [0.1, 0.15) is 0 Å². The highest BCUT2D eigenvalue weighted by Crippen LogP contribution is 2.19. The van der Waals surface area contributed by atoms with Gasteiger partial charge in [-0.3, -0.25) is 4.79 Å². The number of amides is 3. The molecule has 1 N–H and O–H groups in total. The summed E-state index contributed by atoms with van der Waals surface area (Å²) in [6.45, 7) is 8.33. The third-order valence-corrected chi connectivity index (χ3v) is 4.07. The number of hydrogen-bond donors (Lipinski definition) is 1. The van der Waals surface area contributed by atoms with Crippen LogP contribution in [0.5, 0.6) is 0 Å². The largest absolute Gasteiger partial charge is 0.346 e. The number of likely N-dealkylation sites (tertiary alicyclic amines) is 1. The minimum Gasteiger partial charge on any atom is -0.346 e. The van der Waals surface area contributed by atoms with Gasteiger partial charge in [-0.05, 0) is 19.3 Å². The van der Waals surface area contributed by atoms with Crippen LogP contribution >= 0.6 is 15.9 Å². The second kappa shape index (κ2) is 9.07. The van der Waals surface area contributed by atoms with Crippen molar-refractivity contribution in [3.8, 4) is 0 Å². The van der Waals surface area contributed by atoms with Gasteiger partial charge in [0, 0.05) is 37.1 Å². The summed E-state index contributed by atoms with van der Waals surface area (Å²) in [5.74, 6) is 0.277. The molecular formula is C15H26BrN3O2. The molecule has 0 bridgehead atoms. The van der Waals surface area contributed by atoms with Gasteiger partial charge in [0.15, 0.2) is 0 Å². The second-order valence-electron chi connectivity index (χ2n) is 5.55. The number of halogens is 1. The van der Waals surface area contributed by atoms with Crippen molar-refractivity contribution < 1.29 is 9.59 Å². The summed E-state index contributed by atoms with van der Waals surface area (Å²) in [7, 11) is 1.87. The number of urea groups is 1. The predicted molar refractivity (Wildman–Crippen MR) is 88.3 cm³/mol. The molecule has 21 heavy (non-hydrogen) atoms. The van der Waals surface area contributed by atoms with E-state index < -0.39 is 0 Å². The number of nitrogens with one attached hydrogen (secondary N) is 1. The van der Waals surface area contributed by atoms with Gasteiger partial charge in [-0.1, -0.05) is 35.9 Å². The van der Waals surface area contributed by atoms with Gasteiger partial charge < -0.3 is 15.1 Å². The number of hydrogen-bond acceptors (Lipinski definition) is 2. The highest BCUT2D eigenvalue weighted by molar-refractivity contribution is 9.11. The molecule has 1 rings (SSSR count). The Bertz CT molecular complexity index is 379. The molecule has 0 aromatic heterocycles. The van der Waals surface area contributed by atoms with E-state index in [0.29, 0.717) is 19.6 Å². The van der Waals surface area contributed by atoms with E-state index in [4.69, 9.17) is 0 Å². The first-order valence-corrected chi connectivity index (χ1v) is 8.36. The number of nitrogens with zero attached hydrogens (tertiary/aromatic N) is 2. The molecule has 0 aliphatic carbocycles. The molecule has 1 heterocycles. The minimum atomic E-state index is -0.0826. The molecular weight excluding hydrogens is 334 g/mol. The van der Waals surface area contributed by atoms with Gasteiger partial charge >= 0.3 is 6.03 Å². The van der Waals surface area contributed by atoms with Crippen molar-refractivity contribution in [3.63, 3.8) is 0 Å². The molecule has 1 saturated heterocycles. The van der Waals surface area contributed by atoms with Crippen LogP contribution in [-0.2, 0) is 4.79 Å². The summed E-state index contributed by atoms with van der Waals surface area (Å²) in [5, 5.41) is 2.79. The Kier molecular flexibility index (Phi) is 7.78. The molecule has 1 fully saturated rings. The lowest BCUT2D eigenvalue weighted by molar-refractivity contribution is -0.135. The summed E-state index contributed by atoms with van der Waals surface area (Å²) < 4.78 is 0.749. The van der Waals surface area contributed by atoms with Gasteiger partial charge in [-0.2, -0.15) is 0 Å². The highest BCUT2D eigenvalue weighted by Gasteiger charge is 2.28. The molecule has 0 atom stereocenters. The van der Waals surface area contributed by atoms with E-state index in [9.17, 15) is 9.59 Å². The van der Waals surface area contributed by atoms with Crippen molar-refractivity contribution in [2.75, 3.05) is 33.2 Å². The van der Waals surface area contributed by atoms with Crippen LogP contribution in [0.1, 0.15) is 32.6 Å². The zero-order valence-corrected chi connectivity index (χ0v) is 14.6. The van der Waals surface area contributed by atoms with E-state index in [0.717, 1.165) is 36.7 Å². The average Bonchev–Trinajstić information content (AvgIpc) is 2.49.